The van der Waals surface area contributed by atoms with Gasteiger partial charge in [0.1, 0.15) is 5.00 Å². The van der Waals surface area contributed by atoms with Crippen molar-refractivity contribution in [3.05, 3.63) is 51.4 Å². The minimum absolute atomic E-state index is 0.101. The van der Waals surface area contributed by atoms with Crippen LogP contribution in [0.3, 0.4) is 0 Å². The van der Waals surface area contributed by atoms with E-state index in [2.05, 4.69) is 5.32 Å². The van der Waals surface area contributed by atoms with Gasteiger partial charge in [0.15, 0.2) is 0 Å². The molecule has 2 aromatic rings. The molecule has 0 fully saturated rings. The minimum Gasteiger partial charge on any atom is -0.462 e. The number of nitrogens with one attached hydrogen (secondary N) is 1. The number of rotatable bonds is 7. The standard InChI is InChI=1S/C18H20ClNO3S/c1-3-23-18(22)15-11-12(2)24-17(15)20-16(21)6-4-5-13-7-9-14(19)10-8-13/h7-11H,3-6H2,1-2H3,(H,20,21). The van der Waals surface area contributed by atoms with Gasteiger partial charge in [-0.2, -0.15) is 0 Å². The van der Waals surface area contributed by atoms with E-state index in [9.17, 15) is 9.59 Å². The lowest BCUT2D eigenvalue weighted by Crippen LogP contribution is -2.14. The fraction of sp³-hybridized carbons (Fsp3) is 0.333. The molecule has 0 aliphatic carbocycles. The van der Waals surface area contributed by atoms with Gasteiger partial charge < -0.3 is 10.1 Å². The summed E-state index contributed by atoms with van der Waals surface area (Å²) in [5.74, 6) is -0.505. The number of anilines is 1. The number of carbonyl (C=O) groups excluding carboxylic acids is 2. The zero-order chi connectivity index (χ0) is 17.5. The van der Waals surface area contributed by atoms with E-state index in [0.29, 0.717) is 28.6 Å². The highest BCUT2D eigenvalue weighted by Crippen LogP contribution is 2.28. The van der Waals surface area contributed by atoms with Gasteiger partial charge in [-0.1, -0.05) is 23.7 Å². The zero-order valence-electron chi connectivity index (χ0n) is 13.7. The number of esters is 1. The van der Waals surface area contributed by atoms with E-state index in [4.69, 9.17) is 16.3 Å². The summed E-state index contributed by atoms with van der Waals surface area (Å²) in [6, 6.07) is 9.35. The van der Waals surface area contributed by atoms with E-state index in [1.54, 1.807) is 13.0 Å². The molecule has 0 bridgehead atoms. The molecule has 0 aliphatic heterocycles. The predicted octanol–water partition coefficient (Wildman–Crippen LogP) is 4.85. The Morgan fingerprint density at radius 3 is 2.62 bits per heavy atom. The van der Waals surface area contributed by atoms with Crippen LogP contribution in [0.25, 0.3) is 0 Å². The van der Waals surface area contributed by atoms with Crippen molar-refractivity contribution < 1.29 is 14.3 Å². The Morgan fingerprint density at radius 1 is 1.25 bits per heavy atom. The van der Waals surface area contributed by atoms with Crippen LogP contribution >= 0.6 is 22.9 Å². The summed E-state index contributed by atoms with van der Waals surface area (Å²) in [4.78, 5) is 25.0. The van der Waals surface area contributed by atoms with Gasteiger partial charge in [0, 0.05) is 16.3 Å². The third-order valence-corrected chi connectivity index (χ3v) is 4.60. The van der Waals surface area contributed by atoms with Crippen LogP contribution in [0, 0.1) is 6.92 Å². The number of carbonyl (C=O) groups is 2. The van der Waals surface area contributed by atoms with Crippen molar-refractivity contribution in [2.45, 2.75) is 33.1 Å². The average Bonchev–Trinajstić information content (AvgIpc) is 2.90. The lowest BCUT2D eigenvalue weighted by Gasteiger charge is -2.06. The van der Waals surface area contributed by atoms with Crippen molar-refractivity contribution in [2.75, 3.05) is 11.9 Å². The maximum Gasteiger partial charge on any atom is 0.341 e. The summed E-state index contributed by atoms with van der Waals surface area (Å²) in [7, 11) is 0. The Labute approximate surface area is 150 Å². The molecular formula is C18H20ClNO3S. The van der Waals surface area contributed by atoms with Crippen LogP contribution in [-0.2, 0) is 16.0 Å². The number of halogens is 1. The highest BCUT2D eigenvalue weighted by molar-refractivity contribution is 7.16. The molecule has 0 unspecified atom stereocenters. The second kappa shape index (κ2) is 8.85. The topological polar surface area (TPSA) is 55.4 Å². The molecule has 1 aromatic heterocycles. The Bertz CT molecular complexity index is 710. The van der Waals surface area contributed by atoms with Crippen LogP contribution in [-0.4, -0.2) is 18.5 Å². The number of benzene rings is 1. The van der Waals surface area contributed by atoms with Crippen LogP contribution in [0.1, 0.15) is 40.6 Å². The van der Waals surface area contributed by atoms with Crippen molar-refractivity contribution in [1.82, 2.24) is 0 Å². The van der Waals surface area contributed by atoms with E-state index >= 15 is 0 Å². The number of hydrogen-bond donors (Lipinski definition) is 1. The van der Waals surface area contributed by atoms with Gasteiger partial charge in [-0.15, -0.1) is 11.3 Å². The van der Waals surface area contributed by atoms with E-state index < -0.39 is 5.97 Å². The Hall–Kier alpha value is -1.85. The molecule has 128 valence electrons. The molecule has 0 aliphatic rings. The number of ether oxygens (including phenoxy) is 1. The van der Waals surface area contributed by atoms with Crippen molar-refractivity contribution in [1.29, 1.82) is 0 Å². The normalized spacial score (nSPS) is 10.5. The molecule has 0 radical (unpaired) electrons. The largest absolute Gasteiger partial charge is 0.462 e. The summed E-state index contributed by atoms with van der Waals surface area (Å²) in [5, 5.41) is 4.09. The summed E-state index contributed by atoms with van der Waals surface area (Å²) in [5.41, 5.74) is 1.57. The molecule has 0 saturated heterocycles. The third-order valence-electron chi connectivity index (χ3n) is 3.39. The van der Waals surface area contributed by atoms with Gasteiger partial charge in [0.05, 0.1) is 12.2 Å². The van der Waals surface area contributed by atoms with Gasteiger partial charge in [0.25, 0.3) is 0 Å². The summed E-state index contributed by atoms with van der Waals surface area (Å²) in [6.07, 6.45) is 1.92. The van der Waals surface area contributed by atoms with Crippen LogP contribution in [0.15, 0.2) is 30.3 Å². The summed E-state index contributed by atoms with van der Waals surface area (Å²) in [6.45, 7) is 3.96. The fourth-order valence-electron chi connectivity index (χ4n) is 2.26. The van der Waals surface area contributed by atoms with Crippen molar-refractivity contribution in [3.8, 4) is 0 Å². The van der Waals surface area contributed by atoms with Crippen LogP contribution in [0.4, 0.5) is 5.00 Å². The van der Waals surface area contributed by atoms with Crippen molar-refractivity contribution in [2.24, 2.45) is 0 Å². The molecule has 1 aromatic carbocycles. The predicted molar refractivity (Wildman–Crippen MR) is 98.0 cm³/mol. The van der Waals surface area contributed by atoms with Gasteiger partial charge in [-0.25, -0.2) is 4.79 Å². The second-order valence-corrected chi connectivity index (χ2v) is 7.04. The van der Waals surface area contributed by atoms with Crippen LogP contribution in [0.2, 0.25) is 5.02 Å². The first-order valence-electron chi connectivity index (χ1n) is 7.81. The molecule has 1 heterocycles. The first-order valence-corrected chi connectivity index (χ1v) is 9.01. The van der Waals surface area contributed by atoms with E-state index in [0.717, 1.165) is 23.3 Å². The molecule has 6 heteroatoms. The van der Waals surface area contributed by atoms with Gasteiger partial charge in [-0.3, -0.25) is 4.79 Å². The summed E-state index contributed by atoms with van der Waals surface area (Å²) >= 11 is 7.23. The lowest BCUT2D eigenvalue weighted by atomic mass is 10.1. The highest BCUT2D eigenvalue weighted by Gasteiger charge is 2.17. The maximum absolute atomic E-state index is 12.1. The molecule has 4 nitrogen and oxygen atoms in total. The maximum atomic E-state index is 12.1. The fourth-order valence-corrected chi connectivity index (χ4v) is 3.30. The molecule has 1 amide bonds. The molecular weight excluding hydrogens is 346 g/mol. The molecule has 0 saturated carbocycles. The van der Waals surface area contributed by atoms with E-state index in [1.807, 2.05) is 31.2 Å². The van der Waals surface area contributed by atoms with Crippen LogP contribution in [0.5, 0.6) is 0 Å². The number of amides is 1. The first kappa shape index (κ1) is 18.5. The third kappa shape index (κ3) is 5.35. The Morgan fingerprint density at radius 2 is 1.96 bits per heavy atom. The zero-order valence-corrected chi connectivity index (χ0v) is 15.3. The minimum atomic E-state index is -0.404. The van der Waals surface area contributed by atoms with Crippen molar-refractivity contribution >= 4 is 39.8 Å². The molecule has 1 N–H and O–H groups in total. The first-order chi connectivity index (χ1) is 11.5. The Balaban J connectivity index is 1.88. The van der Waals surface area contributed by atoms with Gasteiger partial charge >= 0.3 is 5.97 Å². The number of thiophene rings is 1. The number of aryl methyl sites for hydroxylation is 2. The second-order valence-electron chi connectivity index (χ2n) is 5.35. The molecule has 0 atom stereocenters. The van der Waals surface area contributed by atoms with Crippen LogP contribution < -0.4 is 5.32 Å². The quantitative estimate of drug-likeness (QED) is 0.713. The van der Waals surface area contributed by atoms with E-state index in [-0.39, 0.29) is 5.91 Å². The molecule has 24 heavy (non-hydrogen) atoms. The monoisotopic (exact) mass is 365 g/mol. The smallest absolute Gasteiger partial charge is 0.341 e. The summed E-state index contributed by atoms with van der Waals surface area (Å²) < 4.78 is 5.02. The molecule has 0 spiro atoms. The average molecular weight is 366 g/mol. The SMILES string of the molecule is CCOC(=O)c1cc(C)sc1NC(=O)CCCc1ccc(Cl)cc1. The Kier molecular flexibility index (Phi) is 6.82. The lowest BCUT2D eigenvalue weighted by molar-refractivity contribution is -0.116. The van der Waals surface area contributed by atoms with Gasteiger partial charge in [0.2, 0.25) is 5.91 Å². The number of hydrogen-bond acceptors (Lipinski definition) is 4. The van der Waals surface area contributed by atoms with E-state index in [1.165, 1.54) is 11.3 Å². The van der Waals surface area contributed by atoms with Gasteiger partial charge in [-0.05, 0) is 50.5 Å². The van der Waals surface area contributed by atoms with Crippen molar-refractivity contribution in [3.63, 3.8) is 0 Å². The highest BCUT2D eigenvalue weighted by atomic mass is 35.5. The molecule has 2 rings (SSSR count).